The molecule has 10 heteroatoms. The van der Waals surface area contributed by atoms with Crippen LogP contribution in [0.1, 0.15) is 31.7 Å². The van der Waals surface area contributed by atoms with Gasteiger partial charge in [0.25, 0.3) is 11.9 Å². The molecule has 0 radical (unpaired) electrons. The van der Waals surface area contributed by atoms with E-state index in [2.05, 4.69) is 15.6 Å². The van der Waals surface area contributed by atoms with Crippen LogP contribution in [-0.4, -0.2) is 61.9 Å². The molecule has 0 bridgehead atoms. The second-order valence-electron chi connectivity index (χ2n) is 7.00. The molecule has 3 rings (SSSR count). The van der Waals surface area contributed by atoms with Gasteiger partial charge in [0.15, 0.2) is 0 Å². The van der Waals surface area contributed by atoms with Gasteiger partial charge >= 0.3 is 0 Å². The van der Waals surface area contributed by atoms with Gasteiger partial charge in [0.2, 0.25) is 5.91 Å². The summed E-state index contributed by atoms with van der Waals surface area (Å²) < 4.78 is 1.79. The highest BCUT2D eigenvalue weighted by Gasteiger charge is 2.42. The average Bonchev–Trinajstić information content (AvgIpc) is 3.08. The number of aromatic nitrogens is 2. The van der Waals surface area contributed by atoms with Crippen molar-refractivity contribution in [2.24, 2.45) is 0 Å². The van der Waals surface area contributed by atoms with E-state index in [4.69, 9.17) is 19.8 Å². The number of benzene rings is 1. The summed E-state index contributed by atoms with van der Waals surface area (Å²) in [6.07, 6.45) is 3.43. The minimum atomic E-state index is -0.833. The van der Waals surface area contributed by atoms with Crippen molar-refractivity contribution in [2.45, 2.75) is 45.4 Å². The van der Waals surface area contributed by atoms with Gasteiger partial charge in [0, 0.05) is 32.8 Å². The number of rotatable bonds is 4. The summed E-state index contributed by atoms with van der Waals surface area (Å²) in [4.78, 5) is 34.7. The molecule has 10 nitrogen and oxygen atoms in total. The molecule has 1 amide bonds. The zero-order valence-corrected chi connectivity index (χ0v) is 17.9. The van der Waals surface area contributed by atoms with E-state index in [-0.39, 0.29) is 12.5 Å². The van der Waals surface area contributed by atoms with Crippen molar-refractivity contribution in [3.8, 4) is 0 Å². The fraction of sp³-hybridized carbons (Fsp3) is 0.429. The highest BCUT2D eigenvalue weighted by molar-refractivity contribution is 5.77. The first-order chi connectivity index (χ1) is 14.6. The summed E-state index contributed by atoms with van der Waals surface area (Å²) in [5.74, 6) is -1.00. The number of carboxylic acid groups (broad SMARTS) is 2. The monoisotopic (exact) mass is 434 g/mol. The normalized spacial score (nSPS) is 19.7. The molecular formula is C21H30N4O6. The van der Waals surface area contributed by atoms with Gasteiger partial charge in [-0.25, -0.2) is 4.98 Å². The van der Waals surface area contributed by atoms with Crippen LogP contribution in [0.15, 0.2) is 42.7 Å². The van der Waals surface area contributed by atoms with E-state index in [9.17, 15) is 9.90 Å². The lowest BCUT2D eigenvalue weighted by Gasteiger charge is -2.43. The van der Waals surface area contributed by atoms with Crippen molar-refractivity contribution in [3.05, 3.63) is 54.1 Å². The number of nitrogens with zero attached hydrogens (tertiary/aromatic N) is 2. The molecule has 31 heavy (non-hydrogen) atoms. The predicted octanol–water partition coefficient (Wildman–Crippen LogP) is 0.739. The number of hydrogen-bond donors (Lipinski definition) is 5. The lowest BCUT2D eigenvalue weighted by molar-refractivity contribution is -0.135. The minimum Gasteiger partial charge on any atom is -0.481 e. The van der Waals surface area contributed by atoms with Crippen molar-refractivity contribution in [1.82, 2.24) is 20.2 Å². The standard InChI is InChI=1S/C17H22N4O2.2C2H4O2/c1-13-19-9-10-21(13)12-16(23)20-17(7-8-18-11-15(17)22)14-5-3-2-4-6-14;2*1-2(3)4/h2-6,9-10,15,18,22H,7-8,11-12H2,1H3,(H,20,23);2*1H3,(H,3,4)/t15-,17+;;/m1../s1. The summed E-state index contributed by atoms with van der Waals surface area (Å²) in [6.45, 7) is 5.43. The Balaban J connectivity index is 0.000000519. The van der Waals surface area contributed by atoms with Crippen LogP contribution in [0.2, 0.25) is 0 Å². The number of amides is 1. The molecular weight excluding hydrogens is 404 g/mol. The van der Waals surface area contributed by atoms with Crippen molar-refractivity contribution < 1.29 is 29.7 Å². The van der Waals surface area contributed by atoms with Gasteiger partial charge in [-0.1, -0.05) is 30.3 Å². The zero-order chi connectivity index (χ0) is 23.4. The van der Waals surface area contributed by atoms with Gasteiger partial charge in [-0.15, -0.1) is 0 Å². The fourth-order valence-electron chi connectivity index (χ4n) is 3.17. The third kappa shape index (κ3) is 8.57. The number of aliphatic hydroxyl groups excluding tert-OH is 1. The number of carbonyl (C=O) groups excluding carboxylic acids is 1. The number of carbonyl (C=O) groups is 3. The number of aliphatic carboxylic acids is 2. The molecule has 1 saturated heterocycles. The Kier molecular flexibility index (Phi) is 10.4. The van der Waals surface area contributed by atoms with Crippen molar-refractivity contribution >= 4 is 17.8 Å². The maximum Gasteiger partial charge on any atom is 0.300 e. The van der Waals surface area contributed by atoms with Crippen molar-refractivity contribution in [2.75, 3.05) is 13.1 Å². The molecule has 5 N–H and O–H groups in total. The smallest absolute Gasteiger partial charge is 0.300 e. The molecule has 1 fully saturated rings. The van der Waals surface area contributed by atoms with Crippen LogP contribution < -0.4 is 10.6 Å². The van der Waals surface area contributed by atoms with E-state index in [1.807, 2.05) is 37.3 Å². The first-order valence-electron chi connectivity index (χ1n) is 9.70. The van der Waals surface area contributed by atoms with Crippen LogP contribution in [0.4, 0.5) is 0 Å². The number of aliphatic hydroxyl groups is 1. The Bertz CT molecular complexity index is 835. The Labute approximate surface area is 180 Å². The van der Waals surface area contributed by atoms with Crippen LogP contribution in [0.3, 0.4) is 0 Å². The Morgan fingerprint density at radius 1 is 1.19 bits per heavy atom. The van der Waals surface area contributed by atoms with Crippen LogP contribution in [-0.2, 0) is 26.5 Å². The molecule has 1 aromatic heterocycles. The topological polar surface area (TPSA) is 154 Å². The van der Waals surface area contributed by atoms with Gasteiger partial charge in [-0.05, 0) is 25.5 Å². The second-order valence-corrected chi connectivity index (χ2v) is 7.00. The molecule has 1 aromatic carbocycles. The largest absolute Gasteiger partial charge is 0.481 e. The van der Waals surface area contributed by atoms with Crippen LogP contribution in [0, 0.1) is 6.92 Å². The molecule has 2 atom stereocenters. The molecule has 2 heterocycles. The lowest BCUT2D eigenvalue weighted by atomic mass is 9.79. The molecule has 1 aliphatic rings. The first kappa shape index (κ1) is 25.8. The molecule has 0 saturated carbocycles. The minimum absolute atomic E-state index is 0.129. The maximum atomic E-state index is 12.6. The number of aryl methyl sites for hydroxylation is 1. The number of nitrogens with one attached hydrogen (secondary N) is 2. The SMILES string of the molecule is CC(=O)O.CC(=O)O.Cc1nccn1CC(=O)N[C@]1(c2ccccc2)CCNC[C@H]1O. The van der Waals surface area contributed by atoms with Gasteiger partial charge in [-0.2, -0.15) is 0 Å². The van der Waals surface area contributed by atoms with Crippen LogP contribution >= 0.6 is 0 Å². The Hall–Kier alpha value is -3.24. The molecule has 1 aliphatic heterocycles. The average molecular weight is 434 g/mol. The Morgan fingerprint density at radius 3 is 2.26 bits per heavy atom. The van der Waals surface area contributed by atoms with E-state index >= 15 is 0 Å². The highest BCUT2D eigenvalue weighted by atomic mass is 16.4. The summed E-state index contributed by atoms with van der Waals surface area (Å²) in [5.41, 5.74) is 0.183. The molecule has 0 spiro atoms. The fourth-order valence-corrected chi connectivity index (χ4v) is 3.17. The van der Waals surface area contributed by atoms with Gasteiger partial charge in [-0.3, -0.25) is 14.4 Å². The predicted molar refractivity (Wildman–Crippen MR) is 113 cm³/mol. The van der Waals surface area contributed by atoms with E-state index in [1.54, 1.807) is 17.0 Å². The lowest BCUT2D eigenvalue weighted by Crippen LogP contribution is -2.61. The van der Waals surface area contributed by atoms with Crippen LogP contribution in [0.25, 0.3) is 0 Å². The number of carboxylic acids is 2. The van der Waals surface area contributed by atoms with Crippen molar-refractivity contribution in [1.29, 1.82) is 0 Å². The van der Waals surface area contributed by atoms with Crippen LogP contribution in [0.5, 0.6) is 0 Å². The second kappa shape index (κ2) is 12.5. The molecule has 0 aliphatic carbocycles. The molecule has 2 aromatic rings. The summed E-state index contributed by atoms with van der Waals surface area (Å²) in [5, 5.41) is 31.7. The quantitative estimate of drug-likeness (QED) is 0.472. The van der Waals surface area contributed by atoms with Gasteiger partial charge in [0.05, 0.1) is 11.6 Å². The molecule has 0 unspecified atom stereocenters. The first-order valence-corrected chi connectivity index (χ1v) is 9.70. The van der Waals surface area contributed by atoms with E-state index < -0.39 is 23.6 Å². The highest BCUT2D eigenvalue weighted by Crippen LogP contribution is 2.31. The summed E-state index contributed by atoms with van der Waals surface area (Å²) in [7, 11) is 0. The van der Waals surface area contributed by atoms with E-state index in [0.29, 0.717) is 13.0 Å². The number of β-amino-alcohol motifs (C(OH)–C–C–N with tert-alkyl or cyclic N) is 1. The number of imidazole rings is 1. The van der Waals surface area contributed by atoms with Gasteiger partial charge < -0.3 is 30.5 Å². The Morgan fingerprint density at radius 2 is 1.77 bits per heavy atom. The van der Waals surface area contributed by atoms with E-state index in [1.165, 1.54) is 0 Å². The van der Waals surface area contributed by atoms with Gasteiger partial charge in [0.1, 0.15) is 12.4 Å². The van der Waals surface area contributed by atoms with Crippen molar-refractivity contribution in [3.63, 3.8) is 0 Å². The maximum absolute atomic E-state index is 12.6. The number of hydrogen-bond acceptors (Lipinski definition) is 6. The van der Waals surface area contributed by atoms with E-state index in [0.717, 1.165) is 31.8 Å². The zero-order valence-electron chi connectivity index (χ0n) is 17.9. The third-order valence-corrected chi connectivity index (χ3v) is 4.49. The summed E-state index contributed by atoms with van der Waals surface area (Å²) >= 11 is 0. The molecule has 170 valence electrons. The third-order valence-electron chi connectivity index (χ3n) is 4.49. The number of piperidine rings is 1. The summed E-state index contributed by atoms with van der Waals surface area (Å²) in [6, 6.07) is 9.70.